The van der Waals surface area contributed by atoms with E-state index in [0.29, 0.717) is 31.7 Å². The van der Waals surface area contributed by atoms with Crippen LogP contribution in [0.2, 0.25) is 0 Å². The number of aromatic nitrogens is 3. The highest BCUT2D eigenvalue weighted by Crippen LogP contribution is 2.19. The van der Waals surface area contributed by atoms with Gasteiger partial charge < -0.3 is 9.47 Å². The molecule has 0 saturated carbocycles. The lowest BCUT2D eigenvalue weighted by atomic mass is 10.0. The van der Waals surface area contributed by atoms with Gasteiger partial charge in [0.15, 0.2) is 0 Å². The molecule has 4 rings (SSSR count). The van der Waals surface area contributed by atoms with Gasteiger partial charge in [-0.1, -0.05) is 30.3 Å². The van der Waals surface area contributed by atoms with Gasteiger partial charge in [-0.15, -0.1) is 0 Å². The van der Waals surface area contributed by atoms with E-state index in [1.165, 1.54) is 0 Å². The largest absolute Gasteiger partial charge is 0.333 e. The van der Waals surface area contributed by atoms with Gasteiger partial charge in [-0.05, 0) is 29.2 Å². The fraction of sp³-hybridized carbons (Fsp3) is 0.250. The molecule has 0 bridgehead atoms. The molecule has 1 aliphatic rings. The van der Waals surface area contributed by atoms with E-state index in [9.17, 15) is 9.59 Å². The van der Waals surface area contributed by atoms with Gasteiger partial charge in [0.25, 0.3) is 11.5 Å². The molecule has 1 aromatic carbocycles. The zero-order chi connectivity index (χ0) is 18.1. The van der Waals surface area contributed by atoms with Crippen molar-refractivity contribution in [1.29, 1.82) is 0 Å². The highest BCUT2D eigenvalue weighted by atomic mass is 16.2. The quantitative estimate of drug-likeness (QED) is 0.725. The number of nitrogens with zero attached hydrogens (tertiary/aromatic N) is 4. The Balaban J connectivity index is 1.60. The molecule has 0 unspecified atom stereocenters. The molecule has 1 amide bonds. The summed E-state index contributed by atoms with van der Waals surface area (Å²) in [5.41, 5.74) is 3.72. The monoisotopic (exact) mass is 348 g/mol. The van der Waals surface area contributed by atoms with E-state index >= 15 is 0 Å². The highest BCUT2D eigenvalue weighted by molar-refractivity contribution is 5.92. The van der Waals surface area contributed by atoms with Gasteiger partial charge in [0, 0.05) is 38.6 Å². The van der Waals surface area contributed by atoms with Gasteiger partial charge in [-0.3, -0.25) is 14.3 Å². The van der Waals surface area contributed by atoms with Crippen molar-refractivity contribution in [1.82, 2.24) is 19.2 Å². The van der Waals surface area contributed by atoms with Crippen LogP contribution in [-0.2, 0) is 26.6 Å². The third-order valence-corrected chi connectivity index (χ3v) is 4.84. The summed E-state index contributed by atoms with van der Waals surface area (Å²) in [5, 5.41) is 4.07. The molecule has 0 aliphatic carbocycles. The SMILES string of the molecule is Cn1nccc1C(=O)N1CCc2cc(=O)n(Cc3ccccc3)cc2C1. The summed E-state index contributed by atoms with van der Waals surface area (Å²) in [5.74, 6) is -0.0311. The second kappa shape index (κ2) is 6.63. The van der Waals surface area contributed by atoms with Crippen LogP contribution in [0.25, 0.3) is 0 Å². The van der Waals surface area contributed by atoms with Gasteiger partial charge in [-0.25, -0.2) is 0 Å². The fourth-order valence-corrected chi connectivity index (χ4v) is 3.40. The average Bonchev–Trinajstić information content (AvgIpc) is 3.08. The van der Waals surface area contributed by atoms with Crippen LogP contribution in [0.1, 0.15) is 27.2 Å². The standard InChI is InChI=1S/C20H20N4O2/c1-22-18(7-9-21-22)20(26)23-10-8-16-11-19(25)24(14-17(16)13-23)12-15-5-3-2-4-6-15/h2-7,9,11,14H,8,10,12-13H2,1H3. The zero-order valence-corrected chi connectivity index (χ0v) is 14.6. The maximum Gasteiger partial charge on any atom is 0.272 e. The first-order valence-corrected chi connectivity index (χ1v) is 8.65. The number of amides is 1. The fourth-order valence-electron chi connectivity index (χ4n) is 3.40. The van der Waals surface area contributed by atoms with Crippen molar-refractivity contribution in [3.63, 3.8) is 0 Å². The van der Waals surface area contributed by atoms with Crippen molar-refractivity contribution >= 4 is 5.91 Å². The minimum Gasteiger partial charge on any atom is -0.333 e. The molecule has 132 valence electrons. The average molecular weight is 348 g/mol. The number of fused-ring (bicyclic) bond motifs is 1. The summed E-state index contributed by atoms with van der Waals surface area (Å²) in [6, 6.07) is 13.3. The van der Waals surface area contributed by atoms with Crippen molar-refractivity contribution in [3.05, 3.63) is 87.6 Å². The molecule has 0 fully saturated rings. The number of aryl methyl sites for hydroxylation is 1. The van der Waals surface area contributed by atoms with Gasteiger partial charge in [0.2, 0.25) is 0 Å². The lowest BCUT2D eigenvalue weighted by Crippen LogP contribution is -2.38. The van der Waals surface area contributed by atoms with E-state index in [-0.39, 0.29) is 11.5 Å². The molecule has 6 heteroatoms. The van der Waals surface area contributed by atoms with Gasteiger partial charge in [-0.2, -0.15) is 5.10 Å². The van der Waals surface area contributed by atoms with E-state index in [1.807, 2.05) is 41.4 Å². The number of carbonyl (C=O) groups is 1. The Kier molecular flexibility index (Phi) is 4.16. The number of hydrogen-bond acceptors (Lipinski definition) is 3. The van der Waals surface area contributed by atoms with E-state index in [4.69, 9.17) is 0 Å². The predicted molar refractivity (Wildman–Crippen MR) is 97.9 cm³/mol. The van der Waals surface area contributed by atoms with Crippen LogP contribution in [-0.4, -0.2) is 31.7 Å². The normalized spacial score (nSPS) is 13.5. The Morgan fingerprint density at radius 1 is 1.15 bits per heavy atom. The van der Waals surface area contributed by atoms with Crippen molar-refractivity contribution in [2.24, 2.45) is 7.05 Å². The minimum absolute atomic E-state index is 0.000913. The minimum atomic E-state index is -0.0311. The van der Waals surface area contributed by atoms with E-state index in [1.54, 1.807) is 34.6 Å². The molecule has 0 atom stereocenters. The number of hydrogen-bond donors (Lipinski definition) is 0. The van der Waals surface area contributed by atoms with Crippen LogP contribution in [0.5, 0.6) is 0 Å². The first-order chi connectivity index (χ1) is 12.6. The molecular formula is C20H20N4O2. The Hall–Kier alpha value is -3.15. The molecule has 1 aliphatic heterocycles. The van der Waals surface area contributed by atoms with Crippen molar-refractivity contribution < 1.29 is 4.79 Å². The van der Waals surface area contributed by atoms with Crippen LogP contribution in [0.4, 0.5) is 0 Å². The molecule has 2 aromatic heterocycles. The summed E-state index contributed by atoms with van der Waals surface area (Å²) >= 11 is 0. The molecule has 0 saturated heterocycles. The smallest absolute Gasteiger partial charge is 0.272 e. The molecule has 3 heterocycles. The summed E-state index contributed by atoms with van der Waals surface area (Å²) in [6.07, 6.45) is 4.22. The van der Waals surface area contributed by atoms with Crippen molar-refractivity contribution in [3.8, 4) is 0 Å². The summed E-state index contributed by atoms with van der Waals surface area (Å²) in [6.45, 7) is 1.65. The Morgan fingerprint density at radius 3 is 2.69 bits per heavy atom. The van der Waals surface area contributed by atoms with Crippen molar-refractivity contribution in [2.45, 2.75) is 19.5 Å². The van der Waals surface area contributed by atoms with Crippen molar-refractivity contribution in [2.75, 3.05) is 6.54 Å². The third kappa shape index (κ3) is 3.06. The lowest BCUT2D eigenvalue weighted by Gasteiger charge is -2.29. The molecular weight excluding hydrogens is 328 g/mol. The molecule has 26 heavy (non-hydrogen) atoms. The Labute approximate surface area is 151 Å². The van der Waals surface area contributed by atoms with E-state index in [0.717, 1.165) is 16.7 Å². The third-order valence-electron chi connectivity index (χ3n) is 4.84. The topological polar surface area (TPSA) is 60.1 Å². The maximum absolute atomic E-state index is 12.7. The molecule has 3 aromatic rings. The van der Waals surface area contributed by atoms with E-state index < -0.39 is 0 Å². The molecule has 6 nitrogen and oxygen atoms in total. The zero-order valence-electron chi connectivity index (χ0n) is 14.6. The summed E-state index contributed by atoms with van der Waals surface area (Å²) in [4.78, 5) is 27.0. The van der Waals surface area contributed by atoms with Crippen LogP contribution in [0, 0.1) is 0 Å². The van der Waals surface area contributed by atoms with Crippen LogP contribution < -0.4 is 5.56 Å². The van der Waals surface area contributed by atoms with E-state index in [2.05, 4.69) is 5.10 Å². The molecule has 0 N–H and O–H groups in total. The number of benzene rings is 1. The Bertz CT molecular complexity index is 1000. The number of rotatable bonds is 3. The summed E-state index contributed by atoms with van der Waals surface area (Å²) in [7, 11) is 1.77. The first-order valence-electron chi connectivity index (χ1n) is 8.65. The molecule has 0 spiro atoms. The first kappa shape index (κ1) is 16.3. The number of carbonyl (C=O) groups excluding carboxylic acids is 1. The second-order valence-corrected chi connectivity index (χ2v) is 6.59. The van der Waals surface area contributed by atoms with Gasteiger partial charge in [0.1, 0.15) is 5.69 Å². The summed E-state index contributed by atoms with van der Waals surface area (Å²) < 4.78 is 3.31. The van der Waals surface area contributed by atoms with Crippen LogP contribution in [0.15, 0.2) is 59.7 Å². The molecule has 0 radical (unpaired) electrons. The van der Waals surface area contributed by atoms with Crippen LogP contribution >= 0.6 is 0 Å². The second-order valence-electron chi connectivity index (χ2n) is 6.59. The highest BCUT2D eigenvalue weighted by Gasteiger charge is 2.24. The lowest BCUT2D eigenvalue weighted by molar-refractivity contribution is 0.0723. The van der Waals surface area contributed by atoms with Crippen LogP contribution in [0.3, 0.4) is 0 Å². The predicted octanol–water partition coefficient (Wildman–Crippen LogP) is 1.83. The Morgan fingerprint density at radius 2 is 1.96 bits per heavy atom. The maximum atomic E-state index is 12.7. The number of pyridine rings is 1. The van der Waals surface area contributed by atoms with Gasteiger partial charge in [0.05, 0.1) is 6.54 Å². The van der Waals surface area contributed by atoms with Gasteiger partial charge >= 0.3 is 0 Å².